The number of hydrogen-bond donors (Lipinski definition) is 0. The van der Waals surface area contributed by atoms with Crippen LogP contribution < -0.4 is 0 Å². The van der Waals surface area contributed by atoms with Crippen molar-refractivity contribution in [1.29, 1.82) is 0 Å². The normalized spacial score (nSPS) is 22.9. The van der Waals surface area contributed by atoms with Gasteiger partial charge in [0, 0.05) is 20.2 Å². The van der Waals surface area contributed by atoms with E-state index in [0.29, 0.717) is 19.8 Å². The number of nitrogens with zero attached hydrogens (tertiary/aromatic N) is 1. The SMILES string of the molecule is CCOC(=O)C1(COC)CCN(Cc2ccccc2)C1. The second-order valence-electron chi connectivity index (χ2n) is 5.38. The average molecular weight is 277 g/mol. The molecule has 0 saturated carbocycles. The highest BCUT2D eigenvalue weighted by Crippen LogP contribution is 2.33. The van der Waals surface area contributed by atoms with Crippen LogP contribution in [0.15, 0.2) is 30.3 Å². The van der Waals surface area contributed by atoms with Gasteiger partial charge in [-0.2, -0.15) is 0 Å². The molecule has 1 fully saturated rings. The third kappa shape index (κ3) is 3.38. The summed E-state index contributed by atoms with van der Waals surface area (Å²) in [6.07, 6.45) is 0.798. The zero-order chi connectivity index (χ0) is 14.4. The van der Waals surface area contributed by atoms with Gasteiger partial charge in [0.1, 0.15) is 5.41 Å². The van der Waals surface area contributed by atoms with Crippen molar-refractivity contribution in [2.24, 2.45) is 5.41 Å². The van der Waals surface area contributed by atoms with Gasteiger partial charge in [0.15, 0.2) is 0 Å². The lowest BCUT2D eigenvalue weighted by atomic mass is 9.88. The van der Waals surface area contributed by atoms with Gasteiger partial charge in [-0.3, -0.25) is 9.69 Å². The van der Waals surface area contributed by atoms with E-state index in [1.807, 2.05) is 25.1 Å². The molecule has 4 nitrogen and oxygen atoms in total. The summed E-state index contributed by atoms with van der Waals surface area (Å²) in [4.78, 5) is 14.5. The zero-order valence-electron chi connectivity index (χ0n) is 12.3. The Morgan fingerprint density at radius 2 is 2.10 bits per heavy atom. The maximum atomic E-state index is 12.2. The van der Waals surface area contributed by atoms with Gasteiger partial charge >= 0.3 is 5.97 Å². The van der Waals surface area contributed by atoms with Crippen LogP contribution in [0.3, 0.4) is 0 Å². The summed E-state index contributed by atoms with van der Waals surface area (Å²) < 4.78 is 10.5. The summed E-state index contributed by atoms with van der Waals surface area (Å²) in [5, 5.41) is 0. The summed E-state index contributed by atoms with van der Waals surface area (Å²) in [5.41, 5.74) is 0.768. The summed E-state index contributed by atoms with van der Waals surface area (Å²) >= 11 is 0. The number of hydrogen-bond acceptors (Lipinski definition) is 4. The minimum Gasteiger partial charge on any atom is -0.465 e. The molecule has 0 aromatic heterocycles. The minimum absolute atomic E-state index is 0.127. The molecule has 0 N–H and O–H groups in total. The highest BCUT2D eigenvalue weighted by Gasteiger charge is 2.45. The van der Waals surface area contributed by atoms with Crippen molar-refractivity contribution in [1.82, 2.24) is 4.90 Å². The smallest absolute Gasteiger partial charge is 0.315 e. The second-order valence-corrected chi connectivity index (χ2v) is 5.38. The van der Waals surface area contributed by atoms with Gasteiger partial charge in [-0.05, 0) is 25.5 Å². The molecule has 0 radical (unpaired) electrons. The number of ether oxygens (including phenoxy) is 2. The predicted octanol–water partition coefficient (Wildman–Crippen LogP) is 2.09. The fraction of sp³-hybridized carbons (Fsp3) is 0.562. The molecule has 1 atom stereocenters. The summed E-state index contributed by atoms with van der Waals surface area (Å²) in [5.74, 6) is -0.127. The summed E-state index contributed by atoms with van der Waals surface area (Å²) in [7, 11) is 1.64. The van der Waals surface area contributed by atoms with E-state index in [2.05, 4.69) is 17.0 Å². The van der Waals surface area contributed by atoms with Crippen LogP contribution in [0, 0.1) is 5.41 Å². The van der Waals surface area contributed by atoms with E-state index in [-0.39, 0.29) is 5.97 Å². The Balaban J connectivity index is 2.02. The Labute approximate surface area is 120 Å². The molecular weight excluding hydrogens is 254 g/mol. The second kappa shape index (κ2) is 6.86. The largest absolute Gasteiger partial charge is 0.465 e. The van der Waals surface area contributed by atoms with E-state index in [4.69, 9.17) is 9.47 Å². The number of rotatable bonds is 6. The molecule has 0 aliphatic carbocycles. The number of benzene rings is 1. The van der Waals surface area contributed by atoms with E-state index >= 15 is 0 Å². The van der Waals surface area contributed by atoms with Gasteiger partial charge < -0.3 is 9.47 Å². The monoisotopic (exact) mass is 277 g/mol. The van der Waals surface area contributed by atoms with Gasteiger partial charge in [0.05, 0.1) is 13.2 Å². The molecule has 2 rings (SSSR count). The molecule has 1 aliphatic rings. The third-order valence-electron chi connectivity index (χ3n) is 3.81. The third-order valence-corrected chi connectivity index (χ3v) is 3.81. The quantitative estimate of drug-likeness (QED) is 0.746. The van der Waals surface area contributed by atoms with Crippen LogP contribution in [0.2, 0.25) is 0 Å². The highest BCUT2D eigenvalue weighted by molar-refractivity contribution is 5.77. The Hall–Kier alpha value is -1.39. The molecule has 4 heteroatoms. The van der Waals surface area contributed by atoms with Gasteiger partial charge in [-0.1, -0.05) is 30.3 Å². The maximum Gasteiger partial charge on any atom is 0.315 e. The first-order valence-corrected chi connectivity index (χ1v) is 7.12. The number of methoxy groups -OCH3 is 1. The molecule has 1 aromatic carbocycles. The molecule has 20 heavy (non-hydrogen) atoms. The summed E-state index contributed by atoms with van der Waals surface area (Å²) in [6.45, 7) is 5.16. The van der Waals surface area contributed by atoms with Crippen LogP contribution >= 0.6 is 0 Å². The first-order valence-electron chi connectivity index (χ1n) is 7.12. The molecule has 1 unspecified atom stereocenters. The number of carbonyl (C=O) groups excluding carboxylic acids is 1. The minimum atomic E-state index is -0.500. The lowest BCUT2D eigenvalue weighted by Gasteiger charge is -2.26. The number of likely N-dealkylation sites (tertiary alicyclic amines) is 1. The van der Waals surface area contributed by atoms with Crippen LogP contribution in [0.5, 0.6) is 0 Å². The predicted molar refractivity (Wildman–Crippen MR) is 77.3 cm³/mol. The Morgan fingerprint density at radius 3 is 2.75 bits per heavy atom. The van der Waals surface area contributed by atoms with Crippen LogP contribution in [0.4, 0.5) is 0 Å². The first kappa shape index (κ1) is 15.0. The van der Waals surface area contributed by atoms with Gasteiger partial charge in [-0.25, -0.2) is 0 Å². The van der Waals surface area contributed by atoms with Crippen molar-refractivity contribution in [3.63, 3.8) is 0 Å². The highest BCUT2D eigenvalue weighted by atomic mass is 16.5. The van der Waals surface area contributed by atoms with E-state index in [1.54, 1.807) is 7.11 Å². The van der Waals surface area contributed by atoms with Gasteiger partial charge in [-0.15, -0.1) is 0 Å². The molecule has 1 saturated heterocycles. The molecule has 110 valence electrons. The average Bonchev–Trinajstić information content (AvgIpc) is 2.85. The lowest BCUT2D eigenvalue weighted by Crippen LogP contribution is -2.40. The van der Waals surface area contributed by atoms with Crippen molar-refractivity contribution in [2.45, 2.75) is 19.9 Å². The van der Waals surface area contributed by atoms with Crippen molar-refractivity contribution < 1.29 is 14.3 Å². The van der Waals surface area contributed by atoms with Gasteiger partial charge in [0.25, 0.3) is 0 Å². The fourth-order valence-electron chi connectivity index (χ4n) is 2.84. The fourth-order valence-corrected chi connectivity index (χ4v) is 2.84. The van der Waals surface area contributed by atoms with Gasteiger partial charge in [0.2, 0.25) is 0 Å². The molecular formula is C16H23NO3. The van der Waals surface area contributed by atoms with E-state index in [0.717, 1.165) is 19.5 Å². The Kier molecular flexibility index (Phi) is 5.15. The van der Waals surface area contributed by atoms with Crippen molar-refractivity contribution >= 4 is 5.97 Å². The van der Waals surface area contributed by atoms with Crippen molar-refractivity contribution in [3.8, 4) is 0 Å². The molecule has 0 spiro atoms. The van der Waals surface area contributed by atoms with Crippen LogP contribution in [-0.4, -0.2) is 44.3 Å². The van der Waals surface area contributed by atoms with E-state index < -0.39 is 5.41 Å². The number of esters is 1. The van der Waals surface area contributed by atoms with E-state index in [9.17, 15) is 4.79 Å². The standard InChI is InChI=1S/C16H23NO3/c1-3-20-15(18)16(13-19-2)9-10-17(12-16)11-14-7-5-4-6-8-14/h4-8H,3,9-13H2,1-2H3. The van der Waals surface area contributed by atoms with Crippen molar-refractivity contribution in [3.05, 3.63) is 35.9 Å². The molecule has 1 aliphatic heterocycles. The Bertz CT molecular complexity index is 435. The van der Waals surface area contributed by atoms with Crippen LogP contribution in [-0.2, 0) is 20.8 Å². The first-order chi connectivity index (χ1) is 9.70. The number of carbonyl (C=O) groups is 1. The van der Waals surface area contributed by atoms with Crippen LogP contribution in [0.25, 0.3) is 0 Å². The Morgan fingerprint density at radius 1 is 1.35 bits per heavy atom. The van der Waals surface area contributed by atoms with Crippen LogP contribution in [0.1, 0.15) is 18.9 Å². The lowest BCUT2D eigenvalue weighted by molar-refractivity contribution is -0.158. The molecule has 0 amide bonds. The molecule has 0 bridgehead atoms. The molecule has 1 aromatic rings. The van der Waals surface area contributed by atoms with Crippen molar-refractivity contribution in [2.75, 3.05) is 33.4 Å². The summed E-state index contributed by atoms with van der Waals surface area (Å²) in [6, 6.07) is 10.3. The topological polar surface area (TPSA) is 38.8 Å². The zero-order valence-corrected chi connectivity index (χ0v) is 12.3. The van der Waals surface area contributed by atoms with E-state index in [1.165, 1.54) is 5.56 Å². The maximum absolute atomic E-state index is 12.2. The molecule has 1 heterocycles.